The number of amides is 1. The molecule has 3 heterocycles. The zero-order valence-corrected chi connectivity index (χ0v) is 19.3. The van der Waals surface area contributed by atoms with Crippen LogP contribution < -0.4 is 10.9 Å². The molecule has 0 radical (unpaired) electrons. The van der Waals surface area contributed by atoms with Gasteiger partial charge in [0.25, 0.3) is 5.56 Å². The van der Waals surface area contributed by atoms with Gasteiger partial charge in [-0.1, -0.05) is 53.2 Å². The molecule has 176 valence electrons. The molecule has 0 saturated heterocycles. The van der Waals surface area contributed by atoms with Crippen LogP contribution in [0.4, 0.5) is 0 Å². The molecule has 35 heavy (non-hydrogen) atoms. The van der Waals surface area contributed by atoms with E-state index in [1.54, 1.807) is 4.57 Å². The summed E-state index contributed by atoms with van der Waals surface area (Å²) in [6.07, 6.45) is 3.64. The molecule has 0 bridgehead atoms. The molecule has 5 aromatic rings. The van der Waals surface area contributed by atoms with E-state index in [9.17, 15) is 9.59 Å². The number of aromatic nitrogens is 5. The third kappa shape index (κ3) is 4.09. The highest BCUT2D eigenvalue weighted by molar-refractivity contribution is 6.06. The van der Waals surface area contributed by atoms with E-state index in [4.69, 9.17) is 4.52 Å². The Morgan fingerprint density at radius 1 is 1.14 bits per heavy atom. The second-order valence-electron chi connectivity index (χ2n) is 9.06. The number of hydrogen-bond donors (Lipinski definition) is 1. The lowest BCUT2D eigenvalue weighted by Gasteiger charge is -2.09. The first kappa shape index (κ1) is 21.3. The summed E-state index contributed by atoms with van der Waals surface area (Å²) in [4.78, 5) is 35.4. The smallest absolute Gasteiger partial charge is 0.278 e. The zero-order chi connectivity index (χ0) is 23.9. The van der Waals surface area contributed by atoms with Crippen LogP contribution in [-0.2, 0) is 24.4 Å². The number of carbonyl (C=O) groups excluding carboxylic acids is 1. The van der Waals surface area contributed by atoms with Crippen LogP contribution in [-0.4, -0.2) is 30.2 Å². The molecule has 1 aliphatic carbocycles. The van der Waals surface area contributed by atoms with Crippen molar-refractivity contribution in [3.8, 4) is 0 Å². The van der Waals surface area contributed by atoms with Gasteiger partial charge in [0.05, 0.1) is 11.8 Å². The van der Waals surface area contributed by atoms with Gasteiger partial charge in [0.15, 0.2) is 5.82 Å². The Labute approximate surface area is 200 Å². The molecule has 0 unspecified atom stereocenters. The minimum atomic E-state index is -0.260. The van der Waals surface area contributed by atoms with Gasteiger partial charge in [-0.2, -0.15) is 4.98 Å². The minimum Gasteiger partial charge on any atom is -0.350 e. The van der Waals surface area contributed by atoms with Gasteiger partial charge in [0.2, 0.25) is 11.8 Å². The van der Waals surface area contributed by atoms with E-state index in [0.717, 1.165) is 29.3 Å². The van der Waals surface area contributed by atoms with Crippen LogP contribution in [0.3, 0.4) is 0 Å². The van der Waals surface area contributed by atoms with Crippen LogP contribution in [0.25, 0.3) is 21.9 Å². The third-order valence-electron chi connectivity index (χ3n) is 6.38. The summed E-state index contributed by atoms with van der Waals surface area (Å²) in [6, 6.07) is 15.6. The number of nitrogens with one attached hydrogen (secondary N) is 1. The van der Waals surface area contributed by atoms with Crippen molar-refractivity contribution in [1.29, 1.82) is 0 Å². The summed E-state index contributed by atoms with van der Waals surface area (Å²) in [5.74, 6) is 1.25. The van der Waals surface area contributed by atoms with E-state index in [1.807, 2.05) is 55.5 Å². The number of para-hydroxylation sites is 1. The fraction of sp³-hybridized carbons (Fsp3) is 0.269. The predicted molar refractivity (Wildman–Crippen MR) is 130 cm³/mol. The van der Waals surface area contributed by atoms with Crippen LogP contribution in [0.5, 0.6) is 0 Å². The maximum absolute atomic E-state index is 13.5. The van der Waals surface area contributed by atoms with Crippen molar-refractivity contribution in [3.63, 3.8) is 0 Å². The lowest BCUT2D eigenvalue weighted by molar-refractivity contribution is -0.121. The molecule has 1 fully saturated rings. The first-order valence-electron chi connectivity index (χ1n) is 11.7. The molecule has 9 heteroatoms. The summed E-state index contributed by atoms with van der Waals surface area (Å²) >= 11 is 0. The summed E-state index contributed by atoms with van der Waals surface area (Å²) in [5.41, 5.74) is 3.64. The second kappa shape index (κ2) is 8.50. The van der Waals surface area contributed by atoms with Crippen molar-refractivity contribution in [2.45, 2.75) is 45.3 Å². The van der Waals surface area contributed by atoms with Gasteiger partial charge in [-0.15, -0.1) is 0 Å². The van der Waals surface area contributed by atoms with Gasteiger partial charge in [-0.3, -0.25) is 14.2 Å². The van der Waals surface area contributed by atoms with E-state index in [2.05, 4.69) is 20.4 Å². The van der Waals surface area contributed by atoms with Crippen LogP contribution >= 0.6 is 0 Å². The highest BCUT2D eigenvalue weighted by Gasteiger charge is 2.29. The SMILES string of the molecule is Cc1ccc(CNC(=O)Cn2c3ccccc3c3ncn(Cc4nc(C5CC5)no4)c(=O)c32)cc1. The number of hydrogen-bond acceptors (Lipinski definition) is 6. The number of benzene rings is 2. The molecule has 1 N–H and O–H groups in total. The topological polar surface area (TPSA) is 108 Å². The molecule has 9 nitrogen and oxygen atoms in total. The maximum Gasteiger partial charge on any atom is 0.278 e. The van der Waals surface area contributed by atoms with E-state index in [1.165, 1.54) is 16.5 Å². The summed E-state index contributed by atoms with van der Waals surface area (Å²) in [5, 5.41) is 7.81. The summed E-state index contributed by atoms with van der Waals surface area (Å²) in [6.45, 7) is 2.57. The summed E-state index contributed by atoms with van der Waals surface area (Å²) < 4.78 is 8.54. The van der Waals surface area contributed by atoms with Crippen LogP contribution in [0.1, 0.15) is 41.6 Å². The van der Waals surface area contributed by atoms with Crippen LogP contribution in [0.2, 0.25) is 0 Å². The van der Waals surface area contributed by atoms with Crippen LogP contribution in [0, 0.1) is 6.92 Å². The van der Waals surface area contributed by atoms with Crippen molar-refractivity contribution in [2.24, 2.45) is 0 Å². The van der Waals surface area contributed by atoms with Gasteiger partial charge in [0.1, 0.15) is 24.1 Å². The molecular weight excluding hydrogens is 444 g/mol. The number of fused-ring (bicyclic) bond motifs is 3. The molecule has 0 aliphatic heterocycles. The first-order valence-corrected chi connectivity index (χ1v) is 11.7. The van der Waals surface area contributed by atoms with Gasteiger partial charge >= 0.3 is 0 Å². The van der Waals surface area contributed by atoms with Gasteiger partial charge in [-0.05, 0) is 31.4 Å². The molecule has 1 amide bonds. The van der Waals surface area contributed by atoms with Crippen molar-refractivity contribution in [3.05, 3.63) is 88.1 Å². The average molecular weight is 469 g/mol. The van der Waals surface area contributed by atoms with Crippen molar-refractivity contribution in [2.75, 3.05) is 0 Å². The van der Waals surface area contributed by atoms with Gasteiger partial charge in [0, 0.05) is 17.8 Å². The number of rotatable bonds is 7. The summed E-state index contributed by atoms with van der Waals surface area (Å²) in [7, 11) is 0. The van der Waals surface area contributed by atoms with E-state index >= 15 is 0 Å². The normalized spacial score (nSPS) is 13.5. The van der Waals surface area contributed by atoms with Crippen molar-refractivity contribution in [1.82, 2.24) is 29.6 Å². The highest BCUT2D eigenvalue weighted by Crippen LogP contribution is 2.38. The Hall–Kier alpha value is -4.27. The molecule has 0 spiro atoms. The van der Waals surface area contributed by atoms with E-state index in [-0.39, 0.29) is 24.6 Å². The van der Waals surface area contributed by atoms with E-state index in [0.29, 0.717) is 35.2 Å². The molecule has 1 aliphatic rings. The molecule has 2 aromatic carbocycles. The van der Waals surface area contributed by atoms with Crippen LogP contribution in [0.15, 0.2) is 64.2 Å². The Kier molecular flexibility index (Phi) is 5.17. The fourth-order valence-corrected chi connectivity index (χ4v) is 4.32. The third-order valence-corrected chi connectivity index (χ3v) is 6.38. The van der Waals surface area contributed by atoms with Gasteiger partial charge < -0.3 is 14.4 Å². The second-order valence-corrected chi connectivity index (χ2v) is 9.06. The Morgan fingerprint density at radius 2 is 1.94 bits per heavy atom. The molecule has 3 aromatic heterocycles. The van der Waals surface area contributed by atoms with Crippen molar-refractivity contribution >= 4 is 27.8 Å². The number of nitrogens with zero attached hydrogens (tertiary/aromatic N) is 5. The first-order chi connectivity index (χ1) is 17.1. The fourth-order valence-electron chi connectivity index (χ4n) is 4.32. The van der Waals surface area contributed by atoms with E-state index < -0.39 is 0 Å². The van der Waals surface area contributed by atoms with Crippen molar-refractivity contribution < 1.29 is 9.32 Å². The highest BCUT2D eigenvalue weighted by atomic mass is 16.5. The largest absolute Gasteiger partial charge is 0.350 e. The minimum absolute atomic E-state index is 0.00317. The molecule has 6 rings (SSSR count). The molecule has 0 atom stereocenters. The molecular formula is C26H24N6O3. The Morgan fingerprint density at radius 3 is 2.74 bits per heavy atom. The monoisotopic (exact) mass is 468 g/mol. The maximum atomic E-state index is 13.5. The number of carbonyl (C=O) groups is 1. The Balaban J connectivity index is 1.32. The molecule has 1 saturated carbocycles. The predicted octanol–water partition coefficient (Wildman–Crippen LogP) is 3.28. The lowest BCUT2D eigenvalue weighted by Crippen LogP contribution is -2.29. The number of aryl methyl sites for hydroxylation is 1. The lowest BCUT2D eigenvalue weighted by atomic mass is 10.1. The zero-order valence-electron chi connectivity index (χ0n) is 19.3. The quantitative estimate of drug-likeness (QED) is 0.393. The average Bonchev–Trinajstić information content (AvgIpc) is 3.53. The Bertz CT molecular complexity index is 1610. The standard InChI is InChI=1S/C26H24N6O3/c1-16-6-8-17(9-7-16)12-27-21(33)13-32-20-5-3-2-4-19(20)23-24(32)26(34)31(15-28-23)14-22-29-25(30-35-22)18-10-11-18/h2-9,15,18H,10-14H2,1H3,(H,27,33). The van der Waals surface area contributed by atoms with Gasteiger partial charge in [-0.25, -0.2) is 4.98 Å².